The van der Waals surface area contributed by atoms with E-state index in [1.165, 1.54) is 12.0 Å². The number of anilines is 1. The monoisotopic (exact) mass is 356 g/mol. The summed E-state index contributed by atoms with van der Waals surface area (Å²) in [5, 5.41) is 4.39. The summed E-state index contributed by atoms with van der Waals surface area (Å²) in [5.41, 5.74) is 2.29. The first-order valence-electron chi connectivity index (χ1n) is 8.65. The average molecular weight is 357 g/mol. The van der Waals surface area contributed by atoms with E-state index < -0.39 is 0 Å². The van der Waals surface area contributed by atoms with Crippen LogP contribution < -0.4 is 15.0 Å². The molecule has 0 radical (unpaired) electrons. The van der Waals surface area contributed by atoms with Crippen LogP contribution >= 0.6 is 11.6 Å². The molecule has 1 saturated heterocycles. The lowest BCUT2D eigenvalue weighted by atomic mass is 10.0. The summed E-state index contributed by atoms with van der Waals surface area (Å²) in [6.07, 6.45) is 8.08. The first kappa shape index (κ1) is 16.4. The van der Waals surface area contributed by atoms with Gasteiger partial charge in [0.2, 0.25) is 5.95 Å². The third kappa shape index (κ3) is 3.94. The van der Waals surface area contributed by atoms with Gasteiger partial charge in [0, 0.05) is 48.7 Å². The predicted molar refractivity (Wildman–Crippen MR) is 100 cm³/mol. The molecule has 0 bridgehead atoms. The molecule has 0 aliphatic carbocycles. The number of ether oxygens (including phenoxy) is 1. The fourth-order valence-corrected chi connectivity index (χ4v) is 3.53. The lowest BCUT2D eigenvalue weighted by Crippen LogP contribution is -2.47. The number of hydrogen-bond acceptors (Lipinski definition) is 5. The van der Waals surface area contributed by atoms with Gasteiger partial charge < -0.3 is 15.0 Å². The highest BCUT2D eigenvalue weighted by atomic mass is 35.5. The van der Waals surface area contributed by atoms with Crippen molar-refractivity contribution in [3.05, 3.63) is 52.8 Å². The molecule has 2 aliphatic rings. The topological polar surface area (TPSA) is 50.3 Å². The van der Waals surface area contributed by atoms with Crippen molar-refractivity contribution in [2.45, 2.75) is 18.9 Å². The van der Waals surface area contributed by atoms with Crippen molar-refractivity contribution in [1.29, 1.82) is 0 Å². The highest BCUT2D eigenvalue weighted by Crippen LogP contribution is 2.28. The highest BCUT2D eigenvalue weighted by molar-refractivity contribution is 6.30. The second-order valence-corrected chi connectivity index (χ2v) is 6.92. The van der Waals surface area contributed by atoms with Gasteiger partial charge in [0.05, 0.1) is 0 Å². The van der Waals surface area contributed by atoms with E-state index in [2.05, 4.69) is 26.3 Å². The minimum absolute atomic E-state index is 0.430. The van der Waals surface area contributed by atoms with Crippen LogP contribution in [0.15, 0.2) is 42.2 Å². The van der Waals surface area contributed by atoms with Gasteiger partial charge in [-0.05, 0) is 48.8 Å². The highest BCUT2D eigenvalue weighted by Gasteiger charge is 2.22. The van der Waals surface area contributed by atoms with E-state index >= 15 is 0 Å². The van der Waals surface area contributed by atoms with Crippen molar-refractivity contribution in [2.24, 2.45) is 0 Å². The van der Waals surface area contributed by atoms with Crippen LogP contribution in [0.1, 0.15) is 18.4 Å². The number of nitrogens with zero attached hydrogens (tertiary/aromatic N) is 3. The van der Waals surface area contributed by atoms with Crippen LogP contribution in [0.4, 0.5) is 5.95 Å². The molecule has 1 fully saturated rings. The molecule has 1 aromatic carbocycles. The minimum atomic E-state index is 0.430. The molecule has 5 nitrogen and oxygen atoms in total. The van der Waals surface area contributed by atoms with Gasteiger partial charge in [0.15, 0.2) is 0 Å². The van der Waals surface area contributed by atoms with Crippen LogP contribution in [0.5, 0.6) is 5.75 Å². The number of fused-ring (bicyclic) bond motifs is 1. The summed E-state index contributed by atoms with van der Waals surface area (Å²) in [7, 11) is 0. The predicted octanol–water partition coefficient (Wildman–Crippen LogP) is 3.16. The average Bonchev–Trinajstić information content (AvgIpc) is 2.67. The van der Waals surface area contributed by atoms with E-state index in [0.717, 1.165) is 48.3 Å². The Balaban J connectivity index is 1.37. The molecule has 2 aromatic rings. The summed E-state index contributed by atoms with van der Waals surface area (Å²) in [4.78, 5) is 11.0. The fourth-order valence-electron chi connectivity index (χ4n) is 3.35. The van der Waals surface area contributed by atoms with Crippen molar-refractivity contribution < 1.29 is 4.74 Å². The largest absolute Gasteiger partial charge is 0.489 e. The number of aromatic nitrogens is 2. The normalized spacial score (nSPS) is 19.8. The number of nitrogens with one attached hydrogen (secondary N) is 1. The molecule has 1 aromatic heterocycles. The first-order valence-corrected chi connectivity index (χ1v) is 9.03. The number of benzene rings is 1. The smallest absolute Gasteiger partial charge is 0.225 e. The molecule has 3 heterocycles. The summed E-state index contributed by atoms with van der Waals surface area (Å²) in [6.45, 7) is 3.39. The van der Waals surface area contributed by atoms with Crippen LogP contribution in [-0.4, -0.2) is 42.3 Å². The zero-order chi connectivity index (χ0) is 17.1. The van der Waals surface area contributed by atoms with Gasteiger partial charge >= 0.3 is 0 Å². The Bertz CT molecular complexity index is 765. The van der Waals surface area contributed by atoms with Crippen molar-refractivity contribution in [3.8, 4) is 5.75 Å². The van der Waals surface area contributed by atoms with E-state index in [-0.39, 0.29) is 0 Å². The van der Waals surface area contributed by atoms with Crippen LogP contribution in [-0.2, 0) is 0 Å². The molecule has 130 valence electrons. The van der Waals surface area contributed by atoms with Gasteiger partial charge in [0.1, 0.15) is 12.4 Å². The van der Waals surface area contributed by atoms with E-state index in [1.807, 2.05) is 24.3 Å². The molecular formula is C19H21ClN4O. The van der Waals surface area contributed by atoms with Gasteiger partial charge in [-0.25, -0.2) is 9.97 Å². The molecular weight excluding hydrogens is 336 g/mol. The molecule has 4 rings (SSSR count). The minimum Gasteiger partial charge on any atom is -0.489 e. The SMILES string of the molecule is Clc1ccc2c(c1)C=C(CN[C@@H]1CCCN(c3ncccn3)C1)CO2. The van der Waals surface area contributed by atoms with E-state index in [1.54, 1.807) is 12.4 Å². The Hall–Kier alpha value is -2.11. The maximum absolute atomic E-state index is 6.08. The van der Waals surface area contributed by atoms with Crippen molar-refractivity contribution in [2.75, 3.05) is 31.1 Å². The molecule has 6 heteroatoms. The second kappa shape index (κ2) is 7.42. The maximum Gasteiger partial charge on any atom is 0.225 e. The second-order valence-electron chi connectivity index (χ2n) is 6.49. The lowest BCUT2D eigenvalue weighted by molar-refractivity contribution is 0.338. The third-order valence-electron chi connectivity index (χ3n) is 4.62. The number of halogens is 1. The molecule has 0 spiro atoms. The van der Waals surface area contributed by atoms with Crippen LogP contribution in [0.25, 0.3) is 6.08 Å². The zero-order valence-corrected chi connectivity index (χ0v) is 14.7. The Labute approximate surface area is 152 Å². The van der Waals surface area contributed by atoms with Gasteiger partial charge in [-0.2, -0.15) is 0 Å². The number of rotatable bonds is 4. The van der Waals surface area contributed by atoms with E-state index in [0.29, 0.717) is 12.6 Å². The van der Waals surface area contributed by atoms with E-state index in [4.69, 9.17) is 16.3 Å². The molecule has 25 heavy (non-hydrogen) atoms. The van der Waals surface area contributed by atoms with Crippen molar-refractivity contribution in [3.63, 3.8) is 0 Å². The Morgan fingerprint density at radius 3 is 3.04 bits per heavy atom. The maximum atomic E-state index is 6.08. The molecule has 0 saturated carbocycles. The standard InChI is InChI=1S/C19H21ClN4O/c20-16-4-5-18-15(10-16)9-14(13-25-18)11-23-17-3-1-8-24(12-17)19-21-6-2-7-22-19/h2,4-7,9-10,17,23H,1,3,8,11-13H2/t17-/m1/s1. The first-order chi connectivity index (χ1) is 12.3. The lowest BCUT2D eigenvalue weighted by Gasteiger charge is -2.33. The summed E-state index contributed by atoms with van der Waals surface area (Å²) in [6, 6.07) is 8.02. The quantitative estimate of drug-likeness (QED) is 0.911. The molecule has 2 aliphatic heterocycles. The number of piperidine rings is 1. The molecule has 0 amide bonds. The Kier molecular flexibility index (Phi) is 4.85. The molecule has 1 N–H and O–H groups in total. The zero-order valence-electron chi connectivity index (χ0n) is 14.0. The van der Waals surface area contributed by atoms with Gasteiger partial charge in [-0.3, -0.25) is 0 Å². The molecule has 0 unspecified atom stereocenters. The van der Waals surface area contributed by atoms with Gasteiger partial charge in [0.25, 0.3) is 0 Å². The summed E-state index contributed by atoms with van der Waals surface area (Å²) in [5.74, 6) is 1.72. The van der Waals surface area contributed by atoms with Gasteiger partial charge in [-0.15, -0.1) is 0 Å². The van der Waals surface area contributed by atoms with Crippen molar-refractivity contribution in [1.82, 2.24) is 15.3 Å². The summed E-state index contributed by atoms with van der Waals surface area (Å²) < 4.78 is 5.82. The van der Waals surface area contributed by atoms with Gasteiger partial charge in [-0.1, -0.05) is 11.6 Å². The van der Waals surface area contributed by atoms with Crippen LogP contribution in [0.3, 0.4) is 0 Å². The van der Waals surface area contributed by atoms with Crippen LogP contribution in [0.2, 0.25) is 5.02 Å². The number of hydrogen-bond donors (Lipinski definition) is 1. The Morgan fingerprint density at radius 1 is 1.28 bits per heavy atom. The van der Waals surface area contributed by atoms with Crippen molar-refractivity contribution >= 4 is 23.6 Å². The van der Waals surface area contributed by atoms with Crippen LogP contribution in [0, 0.1) is 0 Å². The third-order valence-corrected chi connectivity index (χ3v) is 4.85. The Morgan fingerprint density at radius 2 is 2.16 bits per heavy atom. The van der Waals surface area contributed by atoms with E-state index in [9.17, 15) is 0 Å². The fraction of sp³-hybridized carbons (Fsp3) is 0.368. The molecule has 1 atom stereocenters. The summed E-state index contributed by atoms with van der Waals surface area (Å²) >= 11 is 6.08.